The third-order valence-electron chi connectivity index (χ3n) is 3.25. The number of carboxylic acid groups (broad SMARTS) is 1. The summed E-state index contributed by atoms with van der Waals surface area (Å²) in [5.41, 5.74) is -1.12. The van der Waals surface area contributed by atoms with Crippen LogP contribution in [0.3, 0.4) is 0 Å². The van der Waals surface area contributed by atoms with Gasteiger partial charge < -0.3 is 20.1 Å². The molecule has 3 atom stereocenters. The molecule has 7 nitrogen and oxygen atoms in total. The number of alkyl halides is 1. The molecule has 0 aromatic heterocycles. The van der Waals surface area contributed by atoms with Crippen molar-refractivity contribution in [3.05, 3.63) is 12.2 Å². The molecule has 0 aromatic carbocycles. The predicted octanol–water partition coefficient (Wildman–Crippen LogP) is -0.391. The van der Waals surface area contributed by atoms with Gasteiger partial charge in [0.05, 0.1) is 0 Å². The van der Waals surface area contributed by atoms with Gasteiger partial charge in [0, 0.05) is 12.9 Å². The maximum absolute atomic E-state index is 12.3. The van der Waals surface area contributed by atoms with E-state index in [0.717, 1.165) is 4.90 Å². The van der Waals surface area contributed by atoms with Gasteiger partial charge in [0.1, 0.15) is 11.3 Å². The Balaban J connectivity index is 2.29. The van der Waals surface area contributed by atoms with E-state index in [1.165, 1.54) is 18.9 Å². The van der Waals surface area contributed by atoms with E-state index in [-0.39, 0.29) is 5.88 Å². The third kappa shape index (κ3) is 1.99. The molecule has 2 fully saturated rings. The van der Waals surface area contributed by atoms with Crippen molar-refractivity contribution in [3.63, 3.8) is 0 Å². The van der Waals surface area contributed by atoms with Crippen molar-refractivity contribution in [1.29, 1.82) is 0 Å². The average molecular weight is 321 g/mol. The first kappa shape index (κ1) is 15.1. The number of carbonyl (C=O) groups is 3. The molecule has 2 aliphatic heterocycles. The molecule has 2 N–H and O–H groups in total. The number of fused-ring (bicyclic) bond motifs is 1. The zero-order valence-electron chi connectivity index (χ0n) is 10.6. The zero-order chi connectivity index (χ0) is 15.1. The second kappa shape index (κ2) is 5.27. The number of carbonyl (C=O) groups excluding carboxylic acids is 2. The van der Waals surface area contributed by atoms with E-state index in [1.807, 2.05) is 0 Å². The van der Waals surface area contributed by atoms with Crippen molar-refractivity contribution in [2.24, 2.45) is 0 Å². The Morgan fingerprint density at radius 1 is 1.70 bits per heavy atom. The van der Waals surface area contributed by atoms with E-state index in [1.54, 1.807) is 0 Å². The summed E-state index contributed by atoms with van der Waals surface area (Å²) in [5.74, 6) is -2.26. The molecule has 110 valence electrons. The van der Waals surface area contributed by atoms with Gasteiger partial charge in [-0.15, -0.1) is 23.4 Å². The van der Waals surface area contributed by atoms with Gasteiger partial charge in [-0.1, -0.05) is 6.58 Å². The van der Waals surface area contributed by atoms with Gasteiger partial charge in [0.2, 0.25) is 5.91 Å². The third-order valence-corrected chi connectivity index (χ3v) is 4.90. The normalized spacial score (nSPS) is 32.4. The quantitative estimate of drug-likeness (QED) is 0.317. The first-order valence-corrected chi connectivity index (χ1v) is 7.24. The summed E-state index contributed by atoms with van der Waals surface area (Å²) in [6.07, 6.45) is 0. The number of amides is 2. The Bertz CT molecular complexity index is 499. The molecule has 2 heterocycles. The van der Waals surface area contributed by atoms with E-state index in [9.17, 15) is 19.5 Å². The number of β-lactam (4-membered cyclic amide) rings is 1. The highest BCUT2D eigenvalue weighted by Crippen LogP contribution is 2.46. The molecule has 2 rings (SSSR count). The number of carboxylic acids is 1. The summed E-state index contributed by atoms with van der Waals surface area (Å²) >= 11 is 6.70. The fourth-order valence-corrected chi connectivity index (χ4v) is 3.80. The van der Waals surface area contributed by atoms with Crippen LogP contribution in [0.2, 0.25) is 0 Å². The van der Waals surface area contributed by atoms with Crippen molar-refractivity contribution >= 4 is 41.1 Å². The second-order valence-corrected chi connectivity index (χ2v) is 5.73. The Kier molecular flexibility index (Phi) is 3.99. The molecule has 0 aliphatic carbocycles. The van der Waals surface area contributed by atoms with Gasteiger partial charge in [-0.05, 0) is 5.57 Å². The number of thioether (sulfide) groups is 1. The van der Waals surface area contributed by atoms with Gasteiger partial charge in [-0.3, -0.25) is 9.59 Å². The number of hydrogen-bond donors (Lipinski definition) is 2. The highest BCUT2D eigenvalue weighted by molar-refractivity contribution is 8.00. The number of hydrogen-bond acceptors (Lipinski definition) is 5. The van der Waals surface area contributed by atoms with Crippen molar-refractivity contribution in [1.82, 2.24) is 10.2 Å². The summed E-state index contributed by atoms with van der Waals surface area (Å²) in [6.45, 7) is 3.68. The minimum atomic E-state index is -1.55. The van der Waals surface area contributed by atoms with Crippen LogP contribution in [0.1, 0.15) is 0 Å². The van der Waals surface area contributed by atoms with E-state index in [0.29, 0.717) is 11.3 Å². The van der Waals surface area contributed by atoms with Crippen LogP contribution >= 0.6 is 23.4 Å². The summed E-state index contributed by atoms with van der Waals surface area (Å²) in [6, 6.07) is -1.09. The lowest BCUT2D eigenvalue weighted by atomic mass is 9.95. The fraction of sp³-hybridized carbons (Fsp3) is 0.545. The Hall–Kier alpha value is -1.25. The number of rotatable bonds is 4. The number of nitrogens with zero attached hydrogens (tertiary/aromatic N) is 1. The predicted molar refractivity (Wildman–Crippen MR) is 72.3 cm³/mol. The molecule has 0 bridgehead atoms. The molecule has 2 amide bonds. The molecular formula is C11H13ClN2O5S. The first-order chi connectivity index (χ1) is 9.39. The van der Waals surface area contributed by atoms with E-state index < -0.39 is 34.9 Å². The van der Waals surface area contributed by atoms with Gasteiger partial charge >= 0.3 is 5.97 Å². The van der Waals surface area contributed by atoms with Crippen LogP contribution in [0, 0.1) is 0 Å². The van der Waals surface area contributed by atoms with Crippen LogP contribution < -0.4 is 5.32 Å². The van der Waals surface area contributed by atoms with Crippen LogP contribution in [0.5, 0.6) is 0 Å². The molecule has 9 heteroatoms. The summed E-state index contributed by atoms with van der Waals surface area (Å²) < 4.78 is 5.17. The van der Waals surface area contributed by atoms with Crippen LogP contribution in [-0.4, -0.2) is 63.7 Å². The van der Waals surface area contributed by atoms with E-state index >= 15 is 0 Å². The maximum Gasteiger partial charge on any atom is 0.330 e. The Morgan fingerprint density at radius 2 is 2.35 bits per heavy atom. The monoisotopic (exact) mass is 320 g/mol. The summed E-state index contributed by atoms with van der Waals surface area (Å²) in [7, 11) is 1.28. The summed E-state index contributed by atoms with van der Waals surface area (Å²) in [4.78, 5) is 36.2. The Morgan fingerprint density at radius 3 is 2.85 bits per heavy atom. The van der Waals surface area contributed by atoms with Gasteiger partial charge in [-0.2, -0.15) is 0 Å². The SMILES string of the molecule is C=C1CS[C@H]2N(C(=O)C2(NC(=O)CCl)OC)C1C(=O)O. The van der Waals surface area contributed by atoms with E-state index in [4.69, 9.17) is 16.3 Å². The highest BCUT2D eigenvalue weighted by Gasteiger charge is 2.67. The number of ether oxygens (including phenoxy) is 1. The van der Waals surface area contributed by atoms with Gasteiger partial charge in [-0.25, -0.2) is 4.79 Å². The molecule has 0 aromatic rings. The minimum Gasteiger partial charge on any atom is -0.479 e. The lowest BCUT2D eigenvalue weighted by molar-refractivity contribution is -0.201. The molecule has 20 heavy (non-hydrogen) atoms. The van der Waals surface area contributed by atoms with Crippen LogP contribution in [0.4, 0.5) is 0 Å². The fourth-order valence-electron chi connectivity index (χ4n) is 2.33. The zero-order valence-corrected chi connectivity index (χ0v) is 12.2. The van der Waals surface area contributed by atoms with Crippen molar-refractivity contribution < 1.29 is 24.2 Å². The van der Waals surface area contributed by atoms with E-state index in [2.05, 4.69) is 11.9 Å². The van der Waals surface area contributed by atoms with Crippen molar-refractivity contribution in [3.8, 4) is 0 Å². The first-order valence-electron chi connectivity index (χ1n) is 5.66. The molecule has 0 saturated carbocycles. The largest absolute Gasteiger partial charge is 0.479 e. The highest BCUT2D eigenvalue weighted by atomic mass is 35.5. The molecule has 0 radical (unpaired) electrons. The molecule has 2 saturated heterocycles. The lowest BCUT2D eigenvalue weighted by Gasteiger charge is -2.58. The minimum absolute atomic E-state index is 0.315. The molecule has 2 aliphatic rings. The topological polar surface area (TPSA) is 95.9 Å². The van der Waals surface area contributed by atoms with Crippen LogP contribution in [0.15, 0.2) is 12.2 Å². The van der Waals surface area contributed by atoms with Crippen LogP contribution in [-0.2, 0) is 19.1 Å². The number of nitrogens with one attached hydrogen (secondary N) is 1. The molecular weight excluding hydrogens is 308 g/mol. The molecule has 0 spiro atoms. The average Bonchev–Trinajstić information content (AvgIpc) is 2.43. The lowest BCUT2D eigenvalue weighted by Crippen LogP contribution is -2.83. The second-order valence-electron chi connectivity index (χ2n) is 4.40. The smallest absolute Gasteiger partial charge is 0.330 e. The Labute approximate surface area is 124 Å². The standard InChI is InChI=1S/C11H13ClN2O5S/c1-5-4-20-10-11(19-2,13-6(15)3-12)9(18)14(10)7(5)8(16)17/h7,10H,1,3-4H2,2H3,(H,13,15)(H,16,17)/t7?,10-,11?/m1/s1. The van der Waals surface area contributed by atoms with Crippen LogP contribution in [0.25, 0.3) is 0 Å². The molecule has 2 unspecified atom stereocenters. The number of halogens is 1. The van der Waals surface area contributed by atoms with Crippen molar-refractivity contribution in [2.45, 2.75) is 17.1 Å². The number of methoxy groups -OCH3 is 1. The van der Waals surface area contributed by atoms with Gasteiger partial charge in [0.15, 0.2) is 6.04 Å². The number of aliphatic carboxylic acids is 1. The van der Waals surface area contributed by atoms with Gasteiger partial charge in [0.25, 0.3) is 11.6 Å². The summed E-state index contributed by atoms with van der Waals surface area (Å²) in [5, 5.41) is 11.0. The van der Waals surface area contributed by atoms with Crippen molar-refractivity contribution in [2.75, 3.05) is 18.7 Å². The maximum atomic E-state index is 12.3.